The first-order valence-electron chi connectivity index (χ1n) is 7.87. The summed E-state index contributed by atoms with van der Waals surface area (Å²) in [5.41, 5.74) is 0.592. The third kappa shape index (κ3) is 3.50. The zero-order chi connectivity index (χ0) is 19.1. The van der Waals surface area contributed by atoms with Gasteiger partial charge in [-0.1, -0.05) is 0 Å². The van der Waals surface area contributed by atoms with Crippen LogP contribution in [0, 0.1) is 18.3 Å². The van der Waals surface area contributed by atoms with Gasteiger partial charge in [0.1, 0.15) is 17.6 Å². The van der Waals surface area contributed by atoms with E-state index >= 15 is 0 Å². The quantitative estimate of drug-likeness (QED) is 0.757. The molecule has 0 fully saturated rings. The Morgan fingerprint density at radius 1 is 1.42 bits per heavy atom. The fourth-order valence-corrected chi connectivity index (χ4v) is 4.70. The van der Waals surface area contributed by atoms with E-state index < -0.39 is 17.8 Å². The third-order valence-corrected chi connectivity index (χ3v) is 6.39. The number of nitriles is 1. The second kappa shape index (κ2) is 7.04. The van der Waals surface area contributed by atoms with Crippen molar-refractivity contribution in [2.75, 3.05) is 5.32 Å². The van der Waals surface area contributed by atoms with Gasteiger partial charge in [0.25, 0.3) is 0 Å². The molecule has 2 heterocycles. The number of fused-ring (bicyclic) bond motifs is 1. The zero-order valence-electron chi connectivity index (χ0n) is 13.7. The number of carbonyl (C=O) groups is 1. The van der Waals surface area contributed by atoms with Gasteiger partial charge in [0, 0.05) is 4.88 Å². The van der Waals surface area contributed by atoms with Crippen molar-refractivity contribution in [3.05, 3.63) is 31.9 Å². The van der Waals surface area contributed by atoms with Crippen LogP contribution in [0.3, 0.4) is 0 Å². The Labute approximate surface area is 159 Å². The fourth-order valence-electron chi connectivity index (χ4n) is 2.93. The first-order chi connectivity index (χ1) is 12.2. The molecule has 0 saturated heterocycles. The number of hydrogen-bond donors (Lipinski definition) is 1. The Morgan fingerprint density at radius 3 is 2.73 bits per heavy atom. The highest BCUT2D eigenvalue weighted by atomic mass is 79.9. The highest BCUT2D eigenvalue weighted by Crippen LogP contribution is 2.38. The number of nitrogens with one attached hydrogen (secondary N) is 1. The van der Waals surface area contributed by atoms with Crippen LogP contribution >= 0.6 is 27.3 Å². The monoisotopic (exact) mass is 446 g/mol. The Bertz CT molecular complexity index is 910. The van der Waals surface area contributed by atoms with Gasteiger partial charge in [-0.05, 0) is 54.1 Å². The number of aryl methyl sites for hydroxylation is 1. The molecule has 5 nitrogen and oxygen atoms in total. The van der Waals surface area contributed by atoms with Crippen LogP contribution in [0.25, 0.3) is 0 Å². The van der Waals surface area contributed by atoms with Gasteiger partial charge in [0.2, 0.25) is 5.91 Å². The Hall–Kier alpha value is -1.86. The lowest BCUT2D eigenvalue weighted by Crippen LogP contribution is -2.20. The third-order valence-electron chi connectivity index (χ3n) is 4.23. The van der Waals surface area contributed by atoms with E-state index in [0.717, 1.165) is 40.8 Å². The van der Waals surface area contributed by atoms with Crippen LogP contribution in [0.5, 0.6) is 0 Å². The lowest BCUT2D eigenvalue weighted by Gasteiger charge is -2.09. The highest BCUT2D eigenvalue weighted by Gasteiger charge is 2.38. The minimum Gasteiger partial charge on any atom is -0.315 e. The number of amides is 1. The minimum absolute atomic E-state index is 0.179. The number of rotatable bonds is 3. The molecule has 0 spiro atoms. The first-order valence-corrected chi connectivity index (χ1v) is 9.48. The molecule has 1 aliphatic carbocycles. The number of nitrogens with zero attached hydrogens (tertiary/aromatic N) is 3. The number of carbonyl (C=O) groups excluding carboxylic acids is 1. The number of thiophene rings is 1. The van der Waals surface area contributed by atoms with E-state index in [-0.39, 0.29) is 16.7 Å². The molecule has 0 aromatic carbocycles. The minimum atomic E-state index is -4.61. The van der Waals surface area contributed by atoms with Gasteiger partial charge < -0.3 is 5.32 Å². The fraction of sp³-hybridized carbons (Fsp3) is 0.438. The van der Waals surface area contributed by atoms with Crippen LogP contribution in [-0.2, 0) is 30.4 Å². The van der Waals surface area contributed by atoms with Crippen molar-refractivity contribution in [2.24, 2.45) is 0 Å². The van der Waals surface area contributed by atoms with Gasteiger partial charge in [-0.15, -0.1) is 11.3 Å². The van der Waals surface area contributed by atoms with Crippen molar-refractivity contribution < 1.29 is 18.0 Å². The van der Waals surface area contributed by atoms with Crippen molar-refractivity contribution in [1.29, 1.82) is 5.26 Å². The lowest BCUT2D eigenvalue weighted by atomic mass is 9.96. The summed E-state index contributed by atoms with van der Waals surface area (Å²) in [5.74, 6) is -0.521. The maximum Gasteiger partial charge on any atom is 0.436 e. The number of halogens is 4. The van der Waals surface area contributed by atoms with Crippen molar-refractivity contribution >= 4 is 38.2 Å². The smallest absolute Gasteiger partial charge is 0.315 e. The molecule has 0 radical (unpaired) electrons. The predicted octanol–water partition coefficient (Wildman–Crippen LogP) is 4.42. The Morgan fingerprint density at radius 2 is 2.12 bits per heavy atom. The maximum atomic E-state index is 12.9. The summed E-state index contributed by atoms with van der Waals surface area (Å²) < 4.78 is 39.6. The normalized spacial score (nSPS) is 14.0. The van der Waals surface area contributed by atoms with E-state index in [9.17, 15) is 23.2 Å². The number of anilines is 1. The van der Waals surface area contributed by atoms with Gasteiger partial charge in [0.15, 0.2) is 5.69 Å². The van der Waals surface area contributed by atoms with E-state index in [1.165, 1.54) is 18.3 Å². The van der Waals surface area contributed by atoms with Gasteiger partial charge in [0.05, 0.1) is 15.7 Å². The molecule has 0 bridgehead atoms. The molecule has 2 aromatic heterocycles. The zero-order valence-corrected chi connectivity index (χ0v) is 16.1. The standard InChI is InChI=1S/C16H14BrF3N4OS/c1-8-13(17)14(16(18,19)20)23-24(8)7-12(25)22-15-10(6-21)9-4-2-3-5-11(9)26-15/h2-5,7H2,1H3,(H,22,25). The Kier molecular flexibility index (Phi) is 5.12. The summed E-state index contributed by atoms with van der Waals surface area (Å²) in [6.45, 7) is 1.08. The molecule has 2 aromatic rings. The second-order valence-corrected chi connectivity index (χ2v) is 7.88. The van der Waals surface area contributed by atoms with E-state index in [1.54, 1.807) is 0 Å². The predicted molar refractivity (Wildman–Crippen MR) is 94.0 cm³/mol. The summed E-state index contributed by atoms with van der Waals surface area (Å²) >= 11 is 4.25. The topological polar surface area (TPSA) is 70.7 Å². The summed E-state index contributed by atoms with van der Waals surface area (Å²) in [4.78, 5) is 13.4. The summed E-state index contributed by atoms with van der Waals surface area (Å²) in [5, 5.41) is 16.0. The van der Waals surface area contributed by atoms with Crippen molar-refractivity contribution in [1.82, 2.24) is 9.78 Å². The lowest BCUT2D eigenvalue weighted by molar-refractivity contribution is -0.142. The molecule has 0 aliphatic heterocycles. The van der Waals surface area contributed by atoms with Crippen LogP contribution in [-0.4, -0.2) is 15.7 Å². The molecule has 0 unspecified atom stereocenters. The number of aromatic nitrogens is 2. The molecule has 1 N–H and O–H groups in total. The largest absolute Gasteiger partial charge is 0.436 e. The van der Waals surface area contributed by atoms with Crippen LogP contribution in [0.4, 0.5) is 18.2 Å². The van der Waals surface area contributed by atoms with Gasteiger partial charge in [-0.25, -0.2) is 0 Å². The summed E-state index contributed by atoms with van der Waals surface area (Å²) in [6.07, 6.45) is -0.861. The van der Waals surface area contributed by atoms with Gasteiger partial charge in [-0.2, -0.15) is 23.5 Å². The SMILES string of the molecule is Cc1c(Br)c(C(F)(F)F)nn1CC(=O)Nc1sc2c(c1C#N)CCCC2. The van der Waals surface area contributed by atoms with Crippen LogP contribution in [0.1, 0.15) is 40.2 Å². The van der Waals surface area contributed by atoms with Gasteiger partial charge >= 0.3 is 6.18 Å². The van der Waals surface area contributed by atoms with E-state index in [2.05, 4.69) is 32.4 Å². The first kappa shape index (κ1) is 18.9. The molecule has 1 amide bonds. The van der Waals surface area contributed by atoms with E-state index in [4.69, 9.17) is 0 Å². The summed E-state index contributed by atoms with van der Waals surface area (Å²) in [7, 11) is 0. The summed E-state index contributed by atoms with van der Waals surface area (Å²) in [6, 6.07) is 2.13. The van der Waals surface area contributed by atoms with E-state index in [1.807, 2.05) is 0 Å². The number of alkyl halides is 3. The average Bonchev–Trinajstić information content (AvgIpc) is 3.06. The molecule has 26 heavy (non-hydrogen) atoms. The Balaban J connectivity index is 1.81. The second-order valence-electron chi connectivity index (χ2n) is 5.98. The van der Waals surface area contributed by atoms with Crippen molar-refractivity contribution in [2.45, 2.75) is 45.3 Å². The molecule has 0 saturated carbocycles. The van der Waals surface area contributed by atoms with Crippen LogP contribution < -0.4 is 5.32 Å². The van der Waals surface area contributed by atoms with Crippen LogP contribution in [0.2, 0.25) is 0 Å². The van der Waals surface area contributed by atoms with Crippen molar-refractivity contribution in [3.63, 3.8) is 0 Å². The molecule has 3 rings (SSSR count). The van der Waals surface area contributed by atoms with Crippen molar-refractivity contribution in [3.8, 4) is 6.07 Å². The molecule has 1 aliphatic rings. The van der Waals surface area contributed by atoms with E-state index in [0.29, 0.717) is 10.6 Å². The van der Waals surface area contributed by atoms with Crippen LogP contribution in [0.15, 0.2) is 4.47 Å². The maximum absolute atomic E-state index is 12.9. The molecular formula is C16H14BrF3N4OS. The molecule has 0 atom stereocenters. The molecule has 10 heteroatoms. The molecular weight excluding hydrogens is 433 g/mol. The molecule has 138 valence electrons. The average molecular weight is 447 g/mol. The van der Waals surface area contributed by atoms with Gasteiger partial charge in [-0.3, -0.25) is 9.48 Å². The number of hydrogen-bond acceptors (Lipinski definition) is 4. The highest BCUT2D eigenvalue weighted by molar-refractivity contribution is 9.10.